The second-order valence-corrected chi connectivity index (χ2v) is 8.66. The summed E-state index contributed by atoms with van der Waals surface area (Å²) in [5, 5.41) is 10.5. The summed E-state index contributed by atoms with van der Waals surface area (Å²) in [6.45, 7) is 15.3. The number of amides is 1. The van der Waals surface area contributed by atoms with Crippen molar-refractivity contribution >= 4 is 30.6 Å². The van der Waals surface area contributed by atoms with Crippen LogP contribution in [-0.2, 0) is 14.0 Å². The molecule has 1 fully saturated rings. The molecule has 26 heavy (non-hydrogen) atoms. The zero-order valence-electron chi connectivity index (χ0n) is 16.9. The van der Waals surface area contributed by atoms with E-state index in [1.807, 2.05) is 40.7 Å². The Morgan fingerprint density at radius 1 is 1.19 bits per heavy atom. The quantitative estimate of drug-likeness (QED) is 0.637. The number of rotatable bonds is 3. The van der Waals surface area contributed by atoms with Crippen molar-refractivity contribution < 1.29 is 18.8 Å². The second-order valence-electron chi connectivity index (χ2n) is 8.66. The molecule has 1 aromatic rings. The highest BCUT2D eigenvalue weighted by atomic mass is 16.7. The van der Waals surface area contributed by atoms with E-state index in [2.05, 4.69) is 5.32 Å². The number of aryl methyl sites for hydroxylation is 1. The molecule has 0 atom stereocenters. The number of hydrogen-bond acceptors (Lipinski definition) is 5. The summed E-state index contributed by atoms with van der Waals surface area (Å²) in [6, 6.07) is 3.71. The molecule has 1 aliphatic rings. The number of carbonyl (C=O) groups is 1. The van der Waals surface area contributed by atoms with Crippen molar-refractivity contribution in [2.24, 2.45) is 0 Å². The molecule has 0 unspecified atom stereocenters. The lowest BCUT2D eigenvalue weighted by atomic mass is 9.77. The number of ether oxygens (including phenoxy) is 1. The lowest BCUT2D eigenvalue weighted by Crippen LogP contribution is -2.41. The maximum Gasteiger partial charge on any atom is 0.494 e. The Balaban J connectivity index is 2.31. The number of anilines is 1. The highest BCUT2D eigenvalue weighted by Crippen LogP contribution is 2.36. The molecule has 0 saturated carbocycles. The van der Waals surface area contributed by atoms with Gasteiger partial charge in [-0.05, 0) is 66.4 Å². The third-order valence-electron chi connectivity index (χ3n) is 4.70. The van der Waals surface area contributed by atoms with E-state index >= 15 is 0 Å². The van der Waals surface area contributed by atoms with Crippen molar-refractivity contribution in [3.05, 3.63) is 23.3 Å². The molecule has 2 N–H and O–H groups in total. The fraction of sp³-hybridized carbons (Fsp3) is 0.579. The SMILES string of the molecule is Cc1cc(B2OC(C)(C)C(C)(C)O2)cc(C=N)c1NC(=O)OC(C)(C)C. The number of benzene rings is 1. The van der Waals surface area contributed by atoms with Crippen LogP contribution in [0.1, 0.15) is 59.6 Å². The molecular weight excluding hydrogens is 331 g/mol. The Kier molecular flexibility index (Phi) is 5.28. The smallest absolute Gasteiger partial charge is 0.444 e. The molecule has 6 nitrogen and oxygen atoms in total. The molecule has 7 heteroatoms. The average Bonchev–Trinajstić information content (AvgIpc) is 2.67. The highest BCUT2D eigenvalue weighted by Gasteiger charge is 2.51. The second kappa shape index (κ2) is 6.70. The standard InChI is InChI=1S/C19H29BN2O4/c1-12-9-14(20-25-18(5,6)19(7,8)26-20)10-13(11-21)15(12)22-16(23)24-17(2,3)4/h9-11,21H,1-8H3,(H,22,23). The topological polar surface area (TPSA) is 80.6 Å². The summed E-state index contributed by atoms with van der Waals surface area (Å²) in [4.78, 5) is 12.1. The van der Waals surface area contributed by atoms with Crippen molar-refractivity contribution in [2.45, 2.75) is 72.2 Å². The van der Waals surface area contributed by atoms with Crippen molar-refractivity contribution in [3.8, 4) is 0 Å². The summed E-state index contributed by atoms with van der Waals surface area (Å²) in [5.74, 6) is 0. The van der Waals surface area contributed by atoms with Crippen LogP contribution in [0, 0.1) is 12.3 Å². The molecule has 0 aromatic heterocycles. The van der Waals surface area contributed by atoms with E-state index < -0.39 is 30.0 Å². The van der Waals surface area contributed by atoms with Gasteiger partial charge in [0.05, 0.1) is 16.9 Å². The minimum Gasteiger partial charge on any atom is -0.444 e. The fourth-order valence-corrected chi connectivity index (χ4v) is 2.65. The van der Waals surface area contributed by atoms with Crippen molar-refractivity contribution in [3.63, 3.8) is 0 Å². The lowest BCUT2D eigenvalue weighted by molar-refractivity contribution is 0.00578. The predicted octanol–water partition coefficient (Wildman–Crippen LogP) is 3.64. The molecule has 1 heterocycles. The zero-order valence-corrected chi connectivity index (χ0v) is 16.9. The van der Waals surface area contributed by atoms with Crippen LogP contribution in [0.5, 0.6) is 0 Å². The molecule has 1 amide bonds. The molecule has 1 saturated heterocycles. The molecular formula is C19H29BN2O4. The summed E-state index contributed by atoms with van der Waals surface area (Å²) in [7, 11) is -0.520. The van der Waals surface area contributed by atoms with Gasteiger partial charge in [-0.15, -0.1) is 0 Å². The van der Waals surface area contributed by atoms with Gasteiger partial charge in [0.15, 0.2) is 0 Å². The van der Waals surface area contributed by atoms with Gasteiger partial charge in [-0.2, -0.15) is 0 Å². The van der Waals surface area contributed by atoms with Crippen LogP contribution in [0.3, 0.4) is 0 Å². The van der Waals surface area contributed by atoms with E-state index in [0.29, 0.717) is 11.3 Å². The number of nitrogens with one attached hydrogen (secondary N) is 2. The van der Waals surface area contributed by atoms with Gasteiger partial charge in [-0.3, -0.25) is 5.32 Å². The first-order valence-electron chi connectivity index (χ1n) is 8.76. The monoisotopic (exact) mass is 360 g/mol. The van der Waals surface area contributed by atoms with E-state index in [0.717, 1.165) is 11.0 Å². The van der Waals surface area contributed by atoms with E-state index in [1.165, 1.54) is 6.21 Å². The summed E-state index contributed by atoms with van der Waals surface area (Å²) < 4.78 is 17.5. The van der Waals surface area contributed by atoms with Gasteiger partial charge in [0.25, 0.3) is 0 Å². The maximum absolute atomic E-state index is 12.1. The molecule has 142 valence electrons. The fourth-order valence-electron chi connectivity index (χ4n) is 2.65. The Labute approximate surface area is 156 Å². The summed E-state index contributed by atoms with van der Waals surface area (Å²) >= 11 is 0. The van der Waals surface area contributed by atoms with E-state index in [9.17, 15) is 4.79 Å². The average molecular weight is 360 g/mol. The minimum absolute atomic E-state index is 0.441. The van der Waals surface area contributed by atoms with Crippen molar-refractivity contribution in [2.75, 3.05) is 5.32 Å². The molecule has 1 aromatic carbocycles. The molecule has 0 spiro atoms. The molecule has 2 rings (SSSR count). The maximum atomic E-state index is 12.1. The van der Waals surface area contributed by atoms with Crippen LogP contribution in [-0.4, -0.2) is 36.2 Å². The number of hydrogen-bond donors (Lipinski definition) is 2. The van der Waals surface area contributed by atoms with Crippen LogP contribution >= 0.6 is 0 Å². The lowest BCUT2D eigenvalue weighted by Gasteiger charge is -2.32. The van der Waals surface area contributed by atoms with Gasteiger partial charge >= 0.3 is 13.2 Å². The molecule has 0 aliphatic carbocycles. The Morgan fingerprint density at radius 3 is 2.19 bits per heavy atom. The van der Waals surface area contributed by atoms with Crippen LogP contribution in [0.25, 0.3) is 0 Å². The van der Waals surface area contributed by atoms with Gasteiger partial charge in [0.2, 0.25) is 0 Å². The highest BCUT2D eigenvalue weighted by molar-refractivity contribution is 6.62. The number of carbonyl (C=O) groups excluding carboxylic acids is 1. The first-order chi connectivity index (χ1) is 11.8. The van der Waals surface area contributed by atoms with E-state index in [4.69, 9.17) is 19.5 Å². The third-order valence-corrected chi connectivity index (χ3v) is 4.70. The van der Waals surface area contributed by atoms with Gasteiger partial charge in [-0.1, -0.05) is 12.1 Å². The Bertz CT molecular complexity index is 707. The molecule has 0 radical (unpaired) electrons. The largest absolute Gasteiger partial charge is 0.494 e. The van der Waals surface area contributed by atoms with Gasteiger partial charge in [0.1, 0.15) is 5.60 Å². The summed E-state index contributed by atoms with van der Waals surface area (Å²) in [6.07, 6.45) is 0.654. The first-order valence-corrected chi connectivity index (χ1v) is 8.76. The van der Waals surface area contributed by atoms with Crippen LogP contribution < -0.4 is 10.8 Å². The van der Waals surface area contributed by atoms with Gasteiger partial charge in [-0.25, -0.2) is 4.79 Å². The van der Waals surface area contributed by atoms with Crippen LogP contribution in [0.2, 0.25) is 0 Å². The van der Waals surface area contributed by atoms with Crippen molar-refractivity contribution in [1.82, 2.24) is 0 Å². The molecule has 0 bridgehead atoms. The Hall–Kier alpha value is -1.86. The van der Waals surface area contributed by atoms with Crippen molar-refractivity contribution in [1.29, 1.82) is 5.41 Å². The van der Waals surface area contributed by atoms with Crippen LogP contribution in [0.15, 0.2) is 12.1 Å². The normalized spacial score (nSPS) is 18.5. The zero-order chi connectivity index (χ0) is 19.9. The Morgan fingerprint density at radius 2 is 1.73 bits per heavy atom. The predicted molar refractivity (Wildman–Crippen MR) is 105 cm³/mol. The van der Waals surface area contributed by atoms with E-state index in [-0.39, 0.29) is 0 Å². The van der Waals surface area contributed by atoms with Crippen LogP contribution in [0.4, 0.5) is 10.5 Å². The molecule has 1 aliphatic heterocycles. The third kappa shape index (κ3) is 4.27. The minimum atomic E-state index is -0.592. The summed E-state index contributed by atoms with van der Waals surface area (Å²) in [5.41, 5.74) is 1.27. The van der Waals surface area contributed by atoms with Gasteiger partial charge < -0.3 is 19.5 Å². The van der Waals surface area contributed by atoms with E-state index in [1.54, 1.807) is 26.8 Å². The first kappa shape index (κ1) is 20.5. The van der Waals surface area contributed by atoms with Gasteiger partial charge in [0, 0.05) is 11.8 Å².